The third-order valence-corrected chi connectivity index (χ3v) is 4.55. The number of halogens is 1. The van der Waals surface area contributed by atoms with Crippen molar-refractivity contribution in [1.82, 2.24) is 4.90 Å². The second-order valence-corrected chi connectivity index (χ2v) is 6.35. The number of piperazine rings is 1. The molecule has 4 nitrogen and oxygen atoms in total. The van der Waals surface area contributed by atoms with Gasteiger partial charge in [0.25, 0.3) is 0 Å². The molecular weight excluding hydrogens is 319 g/mol. The smallest absolute Gasteiger partial charge is 0.227 e. The van der Waals surface area contributed by atoms with Gasteiger partial charge in [-0.3, -0.25) is 4.79 Å². The minimum absolute atomic E-state index is 0.0430. The minimum Gasteiger partial charge on any atom is -0.495 e. The summed E-state index contributed by atoms with van der Waals surface area (Å²) in [6, 6.07) is 12.4. The summed E-state index contributed by atoms with van der Waals surface area (Å²) in [5, 5.41) is 0. The number of nitrogens with zero attached hydrogens (tertiary/aromatic N) is 2. The van der Waals surface area contributed by atoms with Crippen molar-refractivity contribution in [3.05, 3.63) is 59.4 Å². The molecule has 1 fully saturated rings. The summed E-state index contributed by atoms with van der Waals surface area (Å²) < 4.78 is 18.7. The fourth-order valence-corrected chi connectivity index (χ4v) is 3.18. The second kappa shape index (κ2) is 7.55. The Morgan fingerprint density at radius 3 is 2.56 bits per heavy atom. The van der Waals surface area contributed by atoms with Crippen molar-refractivity contribution in [2.45, 2.75) is 13.3 Å². The van der Waals surface area contributed by atoms with E-state index in [-0.39, 0.29) is 18.1 Å². The van der Waals surface area contributed by atoms with Gasteiger partial charge in [-0.15, -0.1) is 0 Å². The van der Waals surface area contributed by atoms with Gasteiger partial charge in [0.05, 0.1) is 19.2 Å². The molecular formula is C20H23FN2O2. The van der Waals surface area contributed by atoms with Crippen LogP contribution < -0.4 is 9.64 Å². The maximum atomic E-state index is 13.3. The number of amides is 1. The molecule has 0 aromatic heterocycles. The van der Waals surface area contributed by atoms with E-state index in [4.69, 9.17) is 4.74 Å². The molecule has 1 aliphatic rings. The van der Waals surface area contributed by atoms with Crippen molar-refractivity contribution >= 4 is 11.6 Å². The van der Waals surface area contributed by atoms with Crippen LogP contribution in [-0.4, -0.2) is 44.1 Å². The van der Waals surface area contributed by atoms with E-state index >= 15 is 0 Å². The van der Waals surface area contributed by atoms with Crippen molar-refractivity contribution in [3.63, 3.8) is 0 Å². The predicted molar refractivity (Wildman–Crippen MR) is 96.6 cm³/mol. The lowest BCUT2D eigenvalue weighted by molar-refractivity contribution is -0.130. The van der Waals surface area contributed by atoms with Crippen LogP contribution in [0.5, 0.6) is 5.75 Å². The highest BCUT2D eigenvalue weighted by Crippen LogP contribution is 2.30. The Kier molecular flexibility index (Phi) is 5.22. The quantitative estimate of drug-likeness (QED) is 0.856. The standard InChI is InChI=1S/C20H23FN2O2/c1-15-6-7-19(25-2)18(12-15)22-8-10-23(11-9-22)20(24)14-16-4-3-5-17(21)13-16/h3-7,12-13H,8-11,14H2,1-2H3. The number of methoxy groups -OCH3 is 1. The van der Waals surface area contributed by atoms with Gasteiger partial charge in [-0.25, -0.2) is 4.39 Å². The second-order valence-electron chi connectivity index (χ2n) is 6.35. The van der Waals surface area contributed by atoms with E-state index in [1.54, 1.807) is 19.2 Å². The minimum atomic E-state index is -0.304. The number of hydrogen-bond donors (Lipinski definition) is 0. The van der Waals surface area contributed by atoms with Gasteiger partial charge in [0.15, 0.2) is 0 Å². The first-order valence-corrected chi connectivity index (χ1v) is 8.48. The maximum absolute atomic E-state index is 13.3. The molecule has 2 aromatic rings. The molecule has 0 saturated carbocycles. The average Bonchev–Trinajstić information content (AvgIpc) is 2.62. The topological polar surface area (TPSA) is 32.8 Å². The molecule has 0 N–H and O–H groups in total. The fraction of sp³-hybridized carbons (Fsp3) is 0.350. The molecule has 0 bridgehead atoms. The Bertz CT molecular complexity index is 755. The van der Waals surface area contributed by atoms with E-state index in [0.29, 0.717) is 18.7 Å². The third kappa shape index (κ3) is 4.10. The molecule has 2 aromatic carbocycles. The van der Waals surface area contributed by atoms with E-state index < -0.39 is 0 Å². The van der Waals surface area contributed by atoms with E-state index in [9.17, 15) is 9.18 Å². The molecule has 1 aliphatic heterocycles. The Balaban J connectivity index is 1.62. The van der Waals surface area contributed by atoms with Crippen LogP contribution in [0.3, 0.4) is 0 Å². The van der Waals surface area contributed by atoms with Crippen LogP contribution in [0.25, 0.3) is 0 Å². The summed E-state index contributed by atoms with van der Waals surface area (Å²) in [4.78, 5) is 16.6. The molecule has 3 rings (SSSR count). The van der Waals surface area contributed by atoms with Crippen LogP contribution in [0.2, 0.25) is 0 Å². The van der Waals surface area contributed by atoms with Crippen LogP contribution in [-0.2, 0) is 11.2 Å². The molecule has 25 heavy (non-hydrogen) atoms. The van der Waals surface area contributed by atoms with Crippen molar-refractivity contribution < 1.29 is 13.9 Å². The summed E-state index contributed by atoms with van der Waals surface area (Å²) in [5.41, 5.74) is 2.97. The first-order chi connectivity index (χ1) is 12.1. The van der Waals surface area contributed by atoms with Gasteiger partial charge in [0.2, 0.25) is 5.91 Å². The fourth-order valence-electron chi connectivity index (χ4n) is 3.18. The van der Waals surface area contributed by atoms with Crippen molar-refractivity contribution in [2.75, 3.05) is 38.2 Å². The summed E-state index contributed by atoms with van der Waals surface area (Å²) in [6.45, 7) is 4.89. The number of aryl methyl sites for hydroxylation is 1. The Labute approximate surface area is 147 Å². The Morgan fingerprint density at radius 2 is 1.88 bits per heavy atom. The number of carbonyl (C=O) groups excluding carboxylic acids is 1. The molecule has 132 valence electrons. The normalized spacial score (nSPS) is 14.5. The Morgan fingerprint density at radius 1 is 1.12 bits per heavy atom. The van der Waals surface area contributed by atoms with E-state index in [1.165, 1.54) is 17.7 Å². The largest absolute Gasteiger partial charge is 0.495 e. The van der Waals surface area contributed by atoms with Crippen LogP contribution in [0, 0.1) is 12.7 Å². The predicted octanol–water partition coefficient (Wildman–Crippen LogP) is 3.03. The molecule has 0 unspecified atom stereocenters. The van der Waals surface area contributed by atoms with Crippen LogP contribution in [0.1, 0.15) is 11.1 Å². The van der Waals surface area contributed by atoms with Gasteiger partial charge in [-0.2, -0.15) is 0 Å². The summed E-state index contributed by atoms with van der Waals surface area (Å²) in [6.07, 6.45) is 0.242. The van der Waals surface area contributed by atoms with Crippen LogP contribution in [0.15, 0.2) is 42.5 Å². The van der Waals surface area contributed by atoms with E-state index in [1.807, 2.05) is 17.0 Å². The maximum Gasteiger partial charge on any atom is 0.227 e. The van der Waals surface area contributed by atoms with Crippen molar-refractivity contribution in [1.29, 1.82) is 0 Å². The highest BCUT2D eigenvalue weighted by Gasteiger charge is 2.23. The van der Waals surface area contributed by atoms with E-state index in [2.05, 4.69) is 17.9 Å². The number of benzene rings is 2. The highest BCUT2D eigenvalue weighted by atomic mass is 19.1. The average molecular weight is 342 g/mol. The lowest BCUT2D eigenvalue weighted by atomic mass is 10.1. The molecule has 0 atom stereocenters. The first kappa shape index (κ1) is 17.3. The molecule has 1 amide bonds. The molecule has 5 heteroatoms. The van der Waals surface area contributed by atoms with Gasteiger partial charge in [0, 0.05) is 26.2 Å². The number of anilines is 1. The van der Waals surface area contributed by atoms with Gasteiger partial charge in [-0.1, -0.05) is 18.2 Å². The zero-order chi connectivity index (χ0) is 17.8. The summed E-state index contributed by atoms with van der Waals surface area (Å²) >= 11 is 0. The molecule has 0 aliphatic carbocycles. The van der Waals surface area contributed by atoms with Gasteiger partial charge in [-0.05, 0) is 42.3 Å². The molecule has 1 saturated heterocycles. The lowest BCUT2D eigenvalue weighted by Crippen LogP contribution is -2.49. The highest BCUT2D eigenvalue weighted by molar-refractivity contribution is 5.79. The monoisotopic (exact) mass is 342 g/mol. The third-order valence-electron chi connectivity index (χ3n) is 4.55. The molecule has 1 heterocycles. The SMILES string of the molecule is COc1ccc(C)cc1N1CCN(C(=O)Cc2cccc(F)c2)CC1. The number of ether oxygens (including phenoxy) is 1. The summed E-state index contributed by atoms with van der Waals surface area (Å²) in [5.74, 6) is 0.591. The number of hydrogen-bond acceptors (Lipinski definition) is 3. The van der Waals surface area contributed by atoms with Gasteiger partial charge < -0.3 is 14.5 Å². The molecule has 0 radical (unpaired) electrons. The van der Waals surface area contributed by atoms with Gasteiger partial charge >= 0.3 is 0 Å². The van der Waals surface area contributed by atoms with Crippen molar-refractivity contribution in [2.24, 2.45) is 0 Å². The van der Waals surface area contributed by atoms with Gasteiger partial charge in [0.1, 0.15) is 11.6 Å². The number of rotatable bonds is 4. The van der Waals surface area contributed by atoms with E-state index in [0.717, 1.165) is 24.5 Å². The van der Waals surface area contributed by atoms with Crippen LogP contribution in [0.4, 0.5) is 10.1 Å². The number of carbonyl (C=O) groups is 1. The molecule has 0 spiro atoms. The first-order valence-electron chi connectivity index (χ1n) is 8.48. The van der Waals surface area contributed by atoms with Crippen molar-refractivity contribution in [3.8, 4) is 5.75 Å². The Hall–Kier alpha value is -2.56. The zero-order valence-electron chi connectivity index (χ0n) is 14.7. The van der Waals surface area contributed by atoms with Crippen LogP contribution >= 0.6 is 0 Å². The lowest BCUT2D eigenvalue weighted by Gasteiger charge is -2.36. The zero-order valence-corrected chi connectivity index (χ0v) is 14.7. The summed E-state index contributed by atoms with van der Waals surface area (Å²) in [7, 11) is 1.67.